The van der Waals surface area contributed by atoms with E-state index in [0.717, 1.165) is 47.3 Å². The van der Waals surface area contributed by atoms with E-state index in [-0.39, 0.29) is 34.2 Å². The molecule has 1 amide bonds. The van der Waals surface area contributed by atoms with Crippen molar-refractivity contribution in [3.05, 3.63) is 119 Å². The minimum Gasteiger partial charge on any atom is -0.387 e. The lowest BCUT2D eigenvalue weighted by molar-refractivity contribution is -0.0667. The molecule has 0 saturated heterocycles. The SMILES string of the molecule is CC(C)C1CCC(Cc2ccc(Cl)cc2)C1(O)Cn1cncn1.Cn1cc(C(=O)Nc2ccccc2-c2cc(F)c(F)c(F)c2)c(C(F)F)n1. The first-order valence-corrected chi connectivity index (χ1v) is 16.3. The molecule has 50 heavy (non-hydrogen) atoms. The maximum absolute atomic E-state index is 13.5. The average Bonchev–Trinajstić information content (AvgIpc) is 3.81. The van der Waals surface area contributed by atoms with Crippen LogP contribution < -0.4 is 5.32 Å². The third-order valence-electron chi connectivity index (χ3n) is 9.04. The van der Waals surface area contributed by atoms with E-state index < -0.39 is 41.1 Å². The van der Waals surface area contributed by atoms with E-state index in [1.807, 2.05) is 12.1 Å². The summed E-state index contributed by atoms with van der Waals surface area (Å²) >= 11 is 5.98. The number of alkyl halides is 2. The van der Waals surface area contributed by atoms with Crippen molar-refractivity contribution in [1.82, 2.24) is 24.5 Å². The van der Waals surface area contributed by atoms with Crippen LogP contribution in [-0.2, 0) is 20.0 Å². The van der Waals surface area contributed by atoms with Crippen LogP contribution in [0.2, 0.25) is 5.02 Å². The summed E-state index contributed by atoms with van der Waals surface area (Å²) in [5.74, 6) is -4.31. The fourth-order valence-electron chi connectivity index (χ4n) is 6.68. The summed E-state index contributed by atoms with van der Waals surface area (Å²) < 4.78 is 69.2. The number of carbonyl (C=O) groups excluding carboxylic acids is 1. The van der Waals surface area contributed by atoms with Crippen molar-refractivity contribution < 1.29 is 31.9 Å². The van der Waals surface area contributed by atoms with Gasteiger partial charge in [-0.3, -0.25) is 14.2 Å². The second-order valence-electron chi connectivity index (χ2n) is 12.7. The predicted molar refractivity (Wildman–Crippen MR) is 179 cm³/mol. The van der Waals surface area contributed by atoms with Crippen LogP contribution in [0.5, 0.6) is 0 Å². The Hall–Kier alpha value is -4.62. The molecule has 2 heterocycles. The molecule has 14 heteroatoms. The van der Waals surface area contributed by atoms with E-state index in [1.165, 1.54) is 37.1 Å². The highest BCUT2D eigenvalue weighted by molar-refractivity contribution is 6.30. The van der Waals surface area contributed by atoms with Crippen molar-refractivity contribution in [2.24, 2.45) is 24.8 Å². The molecule has 264 valence electrons. The fourth-order valence-corrected chi connectivity index (χ4v) is 6.81. The Balaban J connectivity index is 0.000000197. The van der Waals surface area contributed by atoms with Gasteiger partial charge in [0.15, 0.2) is 17.5 Å². The van der Waals surface area contributed by atoms with E-state index in [2.05, 4.69) is 46.5 Å². The summed E-state index contributed by atoms with van der Waals surface area (Å²) in [4.78, 5) is 16.4. The average molecular weight is 715 g/mol. The maximum atomic E-state index is 13.5. The highest BCUT2D eigenvalue weighted by Crippen LogP contribution is 2.47. The summed E-state index contributed by atoms with van der Waals surface area (Å²) in [5.41, 5.74) is -0.279. The van der Waals surface area contributed by atoms with Gasteiger partial charge in [0.25, 0.3) is 12.3 Å². The van der Waals surface area contributed by atoms with Gasteiger partial charge in [-0.25, -0.2) is 26.9 Å². The molecule has 1 aliphatic carbocycles. The normalized spacial score (nSPS) is 18.7. The van der Waals surface area contributed by atoms with Gasteiger partial charge in [0.05, 0.1) is 17.7 Å². The monoisotopic (exact) mass is 714 g/mol. The number of aromatic nitrogens is 5. The zero-order valence-corrected chi connectivity index (χ0v) is 28.3. The number of rotatable bonds is 9. The predicted octanol–water partition coefficient (Wildman–Crippen LogP) is 8.28. The second-order valence-corrected chi connectivity index (χ2v) is 13.1. The first kappa shape index (κ1) is 36.7. The topological polar surface area (TPSA) is 97.9 Å². The van der Waals surface area contributed by atoms with Gasteiger partial charge in [-0.15, -0.1) is 0 Å². The summed E-state index contributed by atoms with van der Waals surface area (Å²) in [6, 6.07) is 15.4. The van der Waals surface area contributed by atoms with E-state index in [1.54, 1.807) is 17.1 Å². The first-order chi connectivity index (χ1) is 23.8. The number of nitrogens with one attached hydrogen (secondary N) is 1. The van der Waals surface area contributed by atoms with Crippen LogP contribution in [0.25, 0.3) is 11.1 Å². The zero-order chi connectivity index (χ0) is 36.2. The number of nitrogens with zero attached hydrogens (tertiary/aromatic N) is 5. The van der Waals surface area contributed by atoms with Crippen LogP contribution in [0.3, 0.4) is 0 Å². The van der Waals surface area contributed by atoms with Crippen molar-refractivity contribution in [1.29, 1.82) is 0 Å². The van der Waals surface area contributed by atoms with E-state index in [4.69, 9.17) is 11.6 Å². The van der Waals surface area contributed by atoms with Gasteiger partial charge in [0.2, 0.25) is 0 Å². The Bertz CT molecular complexity index is 1900. The lowest BCUT2D eigenvalue weighted by Crippen LogP contribution is -2.46. The van der Waals surface area contributed by atoms with Crippen molar-refractivity contribution in [3.8, 4) is 11.1 Å². The summed E-state index contributed by atoms with van der Waals surface area (Å²) in [5, 5.41) is 22.5. The molecule has 0 bridgehead atoms. The molecule has 6 rings (SSSR count). The molecule has 3 aromatic carbocycles. The molecule has 3 atom stereocenters. The van der Waals surface area contributed by atoms with E-state index in [0.29, 0.717) is 12.5 Å². The van der Waals surface area contributed by atoms with Gasteiger partial charge in [0, 0.05) is 29.5 Å². The fraction of sp³-hybridized carbons (Fsp3) is 0.333. The van der Waals surface area contributed by atoms with Gasteiger partial charge < -0.3 is 10.4 Å². The molecule has 1 aliphatic rings. The Kier molecular flexibility index (Phi) is 11.4. The quantitative estimate of drug-likeness (QED) is 0.118. The largest absolute Gasteiger partial charge is 0.387 e. The highest BCUT2D eigenvalue weighted by atomic mass is 35.5. The van der Waals surface area contributed by atoms with Crippen LogP contribution in [0, 0.1) is 35.2 Å². The number of hydrogen-bond donors (Lipinski definition) is 2. The van der Waals surface area contributed by atoms with Gasteiger partial charge in [0.1, 0.15) is 18.3 Å². The molecule has 0 spiro atoms. The Morgan fingerprint density at radius 2 is 1.74 bits per heavy atom. The van der Waals surface area contributed by atoms with Gasteiger partial charge in [-0.05, 0) is 78.5 Å². The van der Waals surface area contributed by atoms with Crippen LogP contribution in [-0.4, -0.2) is 41.2 Å². The summed E-state index contributed by atoms with van der Waals surface area (Å²) in [7, 11) is 1.39. The third kappa shape index (κ3) is 8.22. The number of hydrogen-bond acceptors (Lipinski definition) is 5. The van der Waals surface area contributed by atoms with Gasteiger partial charge in [-0.1, -0.05) is 55.8 Å². The number of halogens is 6. The maximum Gasteiger partial charge on any atom is 0.282 e. The Morgan fingerprint density at radius 1 is 1.06 bits per heavy atom. The molecule has 3 unspecified atom stereocenters. The smallest absolute Gasteiger partial charge is 0.282 e. The van der Waals surface area contributed by atoms with Gasteiger partial charge >= 0.3 is 0 Å². The molecule has 0 radical (unpaired) electrons. The Morgan fingerprint density at radius 3 is 2.36 bits per heavy atom. The number of aryl methyl sites for hydroxylation is 1. The summed E-state index contributed by atoms with van der Waals surface area (Å²) in [6.07, 6.45) is 4.35. The lowest BCUT2D eigenvalue weighted by atomic mass is 9.76. The van der Waals surface area contributed by atoms with Gasteiger partial charge in [-0.2, -0.15) is 10.2 Å². The molecule has 1 saturated carbocycles. The molecular formula is C36H36ClF5N6O2. The number of para-hydroxylation sites is 1. The molecule has 8 nitrogen and oxygen atoms in total. The van der Waals surface area contributed by atoms with Crippen molar-refractivity contribution in [2.45, 2.75) is 51.7 Å². The van der Waals surface area contributed by atoms with E-state index >= 15 is 0 Å². The molecule has 2 N–H and O–H groups in total. The third-order valence-corrected chi connectivity index (χ3v) is 9.29. The number of anilines is 1. The minimum atomic E-state index is -2.96. The van der Waals surface area contributed by atoms with Crippen LogP contribution in [0.15, 0.2) is 79.5 Å². The minimum absolute atomic E-state index is 0.0254. The zero-order valence-electron chi connectivity index (χ0n) is 27.5. The van der Waals surface area contributed by atoms with E-state index in [9.17, 15) is 31.9 Å². The molecule has 0 aliphatic heterocycles. The number of carbonyl (C=O) groups is 1. The second kappa shape index (κ2) is 15.5. The molecule has 2 aromatic heterocycles. The molecule has 5 aromatic rings. The number of aliphatic hydroxyl groups is 1. The van der Waals surface area contributed by atoms with Crippen molar-refractivity contribution in [2.75, 3.05) is 5.32 Å². The van der Waals surface area contributed by atoms with Crippen LogP contribution in [0.4, 0.5) is 27.6 Å². The number of amides is 1. The van der Waals surface area contributed by atoms with Crippen molar-refractivity contribution in [3.63, 3.8) is 0 Å². The van der Waals surface area contributed by atoms with Crippen molar-refractivity contribution >= 4 is 23.2 Å². The highest BCUT2D eigenvalue weighted by Gasteiger charge is 2.50. The molecule has 1 fully saturated rings. The number of benzene rings is 3. The van der Waals surface area contributed by atoms with Crippen LogP contribution in [0.1, 0.15) is 54.7 Å². The summed E-state index contributed by atoms with van der Waals surface area (Å²) in [6.45, 7) is 4.90. The standard InChI is InChI=1S/C18H24ClN3O.C18H12F5N3O/c1-13(2)17-8-5-15(9-14-3-6-16(19)7-4-14)18(17,23)10-22-12-20-11-21-22;1-26-8-11(16(25-26)17(22)23)18(27)24-14-5-3-2-4-10(14)9-6-12(19)15(21)13(20)7-9/h3-4,6-7,11-13,15,17,23H,5,8-10H2,1-2H3;2-8,17H,1H3,(H,24,27). The Labute approximate surface area is 290 Å². The van der Waals surface area contributed by atoms with Crippen LogP contribution >= 0.6 is 11.6 Å². The lowest BCUT2D eigenvalue weighted by Gasteiger charge is -2.37. The first-order valence-electron chi connectivity index (χ1n) is 15.9. The molecular weight excluding hydrogens is 679 g/mol.